The molecule has 0 radical (unpaired) electrons. The average Bonchev–Trinajstić information content (AvgIpc) is 2.73. The SMILES string of the molecule is O=C(O)C(F)(F)F.O=C1CCN(c2cc(C(=O)N3CCN(C4CNC4)CC3)ccc2Cl)C(=O)N1. The molecule has 1 aromatic rings. The molecule has 0 spiro atoms. The van der Waals surface area contributed by atoms with E-state index < -0.39 is 18.2 Å². The Morgan fingerprint density at radius 3 is 2.18 bits per heavy atom. The summed E-state index contributed by atoms with van der Waals surface area (Å²) in [5.41, 5.74) is 0.949. The van der Waals surface area contributed by atoms with Gasteiger partial charge in [-0.3, -0.25) is 24.7 Å². The largest absolute Gasteiger partial charge is 0.490 e. The van der Waals surface area contributed by atoms with E-state index >= 15 is 0 Å². The van der Waals surface area contributed by atoms with Gasteiger partial charge in [-0.1, -0.05) is 11.6 Å². The lowest BCUT2D eigenvalue weighted by atomic mass is 10.1. The fraction of sp³-hybridized carbons (Fsp3) is 0.500. The molecule has 186 valence electrons. The molecule has 0 bridgehead atoms. The molecule has 0 aromatic heterocycles. The number of urea groups is 1. The number of nitrogens with one attached hydrogen (secondary N) is 2. The topological polar surface area (TPSA) is 122 Å². The van der Waals surface area contributed by atoms with E-state index in [1.54, 1.807) is 18.2 Å². The van der Waals surface area contributed by atoms with Crippen LogP contribution in [0.5, 0.6) is 0 Å². The number of rotatable bonds is 3. The van der Waals surface area contributed by atoms with Gasteiger partial charge in [-0.05, 0) is 18.2 Å². The van der Waals surface area contributed by atoms with Gasteiger partial charge in [-0.15, -0.1) is 0 Å². The highest BCUT2D eigenvalue weighted by Crippen LogP contribution is 2.29. The lowest BCUT2D eigenvalue weighted by molar-refractivity contribution is -0.192. The molecule has 14 heteroatoms. The maximum absolute atomic E-state index is 12.9. The summed E-state index contributed by atoms with van der Waals surface area (Å²) in [4.78, 5) is 50.9. The van der Waals surface area contributed by atoms with E-state index in [4.69, 9.17) is 21.5 Å². The molecule has 3 N–H and O–H groups in total. The summed E-state index contributed by atoms with van der Waals surface area (Å²) in [5, 5.41) is 13.0. The fourth-order valence-electron chi connectivity index (χ4n) is 3.65. The zero-order chi connectivity index (χ0) is 25.0. The molecule has 1 aromatic carbocycles. The van der Waals surface area contributed by atoms with Crippen LogP contribution in [0.4, 0.5) is 23.7 Å². The zero-order valence-electron chi connectivity index (χ0n) is 17.9. The van der Waals surface area contributed by atoms with Crippen LogP contribution in [-0.4, -0.2) is 96.8 Å². The summed E-state index contributed by atoms with van der Waals surface area (Å²) in [5.74, 6) is -3.13. The number of benzene rings is 1. The van der Waals surface area contributed by atoms with Gasteiger partial charge in [0.2, 0.25) is 5.91 Å². The number of anilines is 1. The van der Waals surface area contributed by atoms with Crippen LogP contribution in [-0.2, 0) is 9.59 Å². The first kappa shape index (κ1) is 25.7. The molecular formula is C20H23ClF3N5O5. The summed E-state index contributed by atoms with van der Waals surface area (Å²) in [7, 11) is 0. The van der Waals surface area contributed by atoms with Crippen molar-refractivity contribution in [1.82, 2.24) is 20.4 Å². The van der Waals surface area contributed by atoms with Crippen molar-refractivity contribution >= 4 is 41.1 Å². The van der Waals surface area contributed by atoms with Crippen LogP contribution in [0.1, 0.15) is 16.8 Å². The molecule has 0 unspecified atom stereocenters. The van der Waals surface area contributed by atoms with E-state index in [-0.39, 0.29) is 24.8 Å². The maximum Gasteiger partial charge on any atom is 0.490 e. The normalized spacial score (nSPS) is 19.6. The van der Waals surface area contributed by atoms with E-state index in [0.717, 1.165) is 26.2 Å². The van der Waals surface area contributed by atoms with Crippen molar-refractivity contribution in [3.63, 3.8) is 0 Å². The molecular weight excluding hydrogens is 483 g/mol. The zero-order valence-corrected chi connectivity index (χ0v) is 18.7. The van der Waals surface area contributed by atoms with Crippen LogP contribution in [0.3, 0.4) is 0 Å². The quantitative estimate of drug-likeness (QED) is 0.563. The first-order valence-corrected chi connectivity index (χ1v) is 10.8. The van der Waals surface area contributed by atoms with Crippen molar-refractivity contribution in [2.24, 2.45) is 0 Å². The number of amides is 4. The molecule has 0 aliphatic carbocycles. The molecule has 4 amide bonds. The van der Waals surface area contributed by atoms with Crippen LogP contribution >= 0.6 is 11.6 Å². The van der Waals surface area contributed by atoms with Gasteiger partial charge in [0.15, 0.2) is 0 Å². The number of hydrogen-bond donors (Lipinski definition) is 3. The van der Waals surface area contributed by atoms with Crippen LogP contribution in [0, 0.1) is 0 Å². The minimum Gasteiger partial charge on any atom is -0.475 e. The van der Waals surface area contributed by atoms with Crippen molar-refractivity contribution < 1.29 is 37.5 Å². The summed E-state index contributed by atoms with van der Waals surface area (Å²) in [6.07, 6.45) is -4.88. The molecule has 3 aliphatic rings. The number of carboxylic acid groups (broad SMARTS) is 1. The third-order valence-electron chi connectivity index (χ3n) is 5.66. The number of nitrogens with zero attached hydrogens (tertiary/aromatic N) is 3. The monoisotopic (exact) mass is 505 g/mol. The highest BCUT2D eigenvalue weighted by molar-refractivity contribution is 6.34. The van der Waals surface area contributed by atoms with Gasteiger partial charge in [0.25, 0.3) is 5.91 Å². The Morgan fingerprint density at radius 2 is 1.68 bits per heavy atom. The Labute approximate surface area is 197 Å². The third kappa shape index (κ3) is 6.15. The summed E-state index contributed by atoms with van der Waals surface area (Å²) < 4.78 is 31.7. The first-order valence-electron chi connectivity index (χ1n) is 10.4. The van der Waals surface area contributed by atoms with Crippen molar-refractivity contribution in [2.75, 3.05) is 50.7 Å². The highest BCUT2D eigenvalue weighted by Gasteiger charge is 2.38. The number of carboxylic acids is 1. The highest BCUT2D eigenvalue weighted by atomic mass is 35.5. The van der Waals surface area contributed by atoms with Crippen LogP contribution < -0.4 is 15.5 Å². The van der Waals surface area contributed by atoms with Crippen molar-refractivity contribution in [2.45, 2.75) is 18.6 Å². The second-order valence-electron chi connectivity index (χ2n) is 7.86. The Hall–Kier alpha value is -2.90. The molecule has 10 nitrogen and oxygen atoms in total. The number of hydrogen-bond acceptors (Lipinski definition) is 6. The number of imide groups is 1. The van der Waals surface area contributed by atoms with Gasteiger partial charge < -0.3 is 15.3 Å². The number of carbonyl (C=O) groups excluding carboxylic acids is 3. The van der Waals surface area contributed by atoms with Crippen molar-refractivity contribution in [1.29, 1.82) is 0 Å². The smallest absolute Gasteiger partial charge is 0.475 e. The number of piperazine rings is 1. The van der Waals surface area contributed by atoms with E-state index in [2.05, 4.69) is 15.5 Å². The van der Waals surface area contributed by atoms with E-state index in [1.807, 2.05) is 4.90 Å². The van der Waals surface area contributed by atoms with Gasteiger partial charge in [0.05, 0.1) is 10.7 Å². The summed E-state index contributed by atoms with van der Waals surface area (Å²) in [6, 6.07) is 5.03. The van der Waals surface area contributed by atoms with E-state index in [9.17, 15) is 27.6 Å². The van der Waals surface area contributed by atoms with Gasteiger partial charge in [0, 0.05) is 63.8 Å². The minimum atomic E-state index is -5.08. The molecule has 3 saturated heterocycles. The van der Waals surface area contributed by atoms with Crippen LogP contribution in [0.15, 0.2) is 18.2 Å². The minimum absolute atomic E-state index is 0.0622. The molecule has 3 fully saturated rings. The standard InChI is InChI=1S/C18H22ClN5O3.C2HF3O2/c19-14-2-1-12(9-15(14)24-4-3-16(25)21-18(24)27)17(26)23-7-5-22(6-8-23)13-10-20-11-13;3-2(4,5)1(6)7/h1-2,9,13,20H,3-8,10-11H2,(H,21,25,27);(H,6,7). The van der Waals surface area contributed by atoms with Crippen molar-refractivity contribution in [3.05, 3.63) is 28.8 Å². The van der Waals surface area contributed by atoms with Crippen LogP contribution in [0.25, 0.3) is 0 Å². The van der Waals surface area contributed by atoms with Gasteiger partial charge in [0.1, 0.15) is 0 Å². The molecule has 0 saturated carbocycles. The number of aliphatic carboxylic acids is 1. The van der Waals surface area contributed by atoms with Gasteiger partial charge >= 0.3 is 18.2 Å². The third-order valence-corrected chi connectivity index (χ3v) is 5.98. The molecule has 0 atom stereocenters. The van der Waals surface area contributed by atoms with Gasteiger partial charge in [-0.25, -0.2) is 9.59 Å². The number of alkyl halides is 3. The number of halogens is 4. The molecule has 3 aliphatic heterocycles. The fourth-order valence-corrected chi connectivity index (χ4v) is 3.87. The predicted octanol–water partition coefficient (Wildman–Crippen LogP) is 1.15. The van der Waals surface area contributed by atoms with E-state index in [0.29, 0.717) is 35.4 Å². The average molecular weight is 506 g/mol. The Balaban J connectivity index is 0.000000406. The van der Waals surface area contributed by atoms with Crippen molar-refractivity contribution in [3.8, 4) is 0 Å². The Bertz CT molecular complexity index is 964. The van der Waals surface area contributed by atoms with Gasteiger partial charge in [-0.2, -0.15) is 13.2 Å². The summed E-state index contributed by atoms with van der Waals surface area (Å²) in [6.45, 7) is 5.41. The number of carbonyl (C=O) groups is 4. The lowest BCUT2D eigenvalue weighted by Gasteiger charge is -2.43. The summed E-state index contributed by atoms with van der Waals surface area (Å²) >= 11 is 6.25. The first-order chi connectivity index (χ1) is 16.0. The second kappa shape index (κ2) is 10.6. The second-order valence-corrected chi connectivity index (χ2v) is 8.27. The van der Waals surface area contributed by atoms with Crippen LogP contribution in [0.2, 0.25) is 5.02 Å². The predicted molar refractivity (Wildman–Crippen MR) is 115 cm³/mol. The maximum atomic E-state index is 12.9. The molecule has 4 rings (SSSR count). The molecule has 34 heavy (non-hydrogen) atoms. The lowest BCUT2D eigenvalue weighted by Crippen LogP contribution is -2.62. The molecule has 3 heterocycles. The Kier molecular flexibility index (Phi) is 8.00. The Morgan fingerprint density at radius 1 is 1.06 bits per heavy atom. The van der Waals surface area contributed by atoms with E-state index in [1.165, 1.54) is 4.90 Å².